The Morgan fingerprint density at radius 2 is 1.74 bits per heavy atom. The Labute approximate surface area is 250 Å². The Morgan fingerprint density at radius 3 is 2.43 bits per heavy atom. The summed E-state index contributed by atoms with van der Waals surface area (Å²) in [6.45, 7) is 12.9. The number of carbonyl (C=O) groups is 2. The molecule has 0 N–H and O–H groups in total. The standard InChI is InChI=1S/C37H44O5/c1-24(2)18-29(19-25(3)4)15-17-31-21-33(42-37(31)39)23-40-36(38)27(6)20-32-22-34-30(8-7-9-35(34)41-32)16-14-28-12-10-26(5)11-13-28/h7-13,17,22,24-25,27,29,33H,15,18-21,23H2,1-6H3/b31-17+. The van der Waals surface area contributed by atoms with Crippen LogP contribution in [0.25, 0.3) is 11.0 Å². The van der Waals surface area contributed by atoms with Crippen molar-refractivity contribution >= 4 is 22.9 Å². The first-order valence-electron chi connectivity index (χ1n) is 15.2. The van der Waals surface area contributed by atoms with Crippen LogP contribution < -0.4 is 0 Å². The third-order valence-electron chi connectivity index (χ3n) is 7.62. The number of furan rings is 1. The first-order chi connectivity index (χ1) is 20.1. The minimum Gasteiger partial charge on any atom is -0.462 e. The Balaban J connectivity index is 1.31. The average molecular weight is 569 g/mol. The van der Waals surface area contributed by atoms with Crippen LogP contribution in [-0.2, 0) is 25.5 Å². The lowest BCUT2D eigenvalue weighted by Crippen LogP contribution is -2.23. The van der Waals surface area contributed by atoms with E-state index in [4.69, 9.17) is 13.9 Å². The van der Waals surface area contributed by atoms with Crippen LogP contribution >= 0.6 is 0 Å². The molecule has 1 aliphatic heterocycles. The summed E-state index contributed by atoms with van der Waals surface area (Å²) in [5.41, 5.74) is 4.47. The van der Waals surface area contributed by atoms with E-state index in [9.17, 15) is 9.59 Å². The zero-order valence-electron chi connectivity index (χ0n) is 25.9. The van der Waals surface area contributed by atoms with E-state index in [-0.39, 0.29) is 18.5 Å². The number of esters is 2. The minimum atomic E-state index is -0.436. The number of aryl methyl sites for hydroxylation is 1. The van der Waals surface area contributed by atoms with Crippen LogP contribution in [-0.4, -0.2) is 24.6 Å². The van der Waals surface area contributed by atoms with E-state index in [0.717, 1.165) is 41.4 Å². The van der Waals surface area contributed by atoms with Gasteiger partial charge in [0.2, 0.25) is 0 Å². The van der Waals surface area contributed by atoms with E-state index in [1.54, 1.807) is 0 Å². The van der Waals surface area contributed by atoms with Crippen LogP contribution in [0.15, 0.2) is 64.6 Å². The molecule has 0 amide bonds. The number of hydrogen-bond acceptors (Lipinski definition) is 5. The number of benzene rings is 2. The van der Waals surface area contributed by atoms with Crippen molar-refractivity contribution in [2.45, 2.75) is 79.8 Å². The summed E-state index contributed by atoms with van der Waals surface area (Å²) in [5, 5.41) is 0.925. The summed E-state index contributed by atoms with van der Waals surface area (Å²) in [5.74, 6) is 7.94. The first kappa shape index (κ1) is 31.2. The van der Waals surface area contributed by atoms with Crippen LogP contribution in [0.5, 0.6) is 0 Å². The maximum atomic E-state index is 12.8. The molecule has 5 heteroatoms. The fraction of sp³-hybridized carbons (Fsp3) is 0.459. The van der Waals surface area contributed by atoms with Crippen LogP contribution in [0.4, 0.5) is 0 Å². The van der Waals surface area contributed by atoms with Gasteiger partial charge in [0.25, 0.3) is 0 Å². The Bertz CT molecular complexity index is 1450. The summed E-state index contributed by atoms with van der Waals surface area (Å²) >= 11 is 0. The van der Waals surface area contributed by atoms with E-state index >= 15 is 0 Å². The van der Waals surface area contributed by atoms with Crippen LogP contribution in [0.2, 0.25) is 0 Å². The van der Waals surface area contributed by atoms with Crippen LogP contribution in [0.1, 0.15) is 82.8 Å². The molecule has 3 aromatic rings. The van der Waals surface area contributed by atoms with Crippen molar-refractivity contribution in [1.82, 2.24) is 0 Å². The Morgan fingerprint density at radius 1 is 1.02 bits per heavy atom. The molecule has 2 heterocycles. The van der Waals surface area contributed by atoms with E-state index < -0.39 is 12.0 Å². The van der Waals surface area contributed by atoms with Crippen LogP contribution in [0, 0.1) is 42.4 Å². The van der Waals surface area contributed by atoms with Gasteiger partial charge in [-0.2, -0.15) is 0 Å². The smallest absolute Gasteiger partial charge is 0.334 e. The van der Waals surface area contributed by atoms with Gasteiger partial charge in [0.05, 0.1) is 5.92 Å². The number of rotatable bonds is 11. The fourth-order valence-electron chi connectivity index (χ4n) is 5.59. The topological polar surface area (TPSA) is 65.7 Å². The number of hydrogen-bond donors (Lipinski definition) is 0. The van der Waals surface area contributed by atoms with Crippen molar-refractivity contribution in [2.75, 3.05) is 6.61 Å². The van der Waals surface area contributed by atoms with Crippen molar-refractivity contribution < 1.29 is 23.5 Å². The molecule has 0 saturated carbocycles. The van der Waals surface area contributed by atoms with E-state index in [1.165, 1.54) is 5.56 Å². The summed E-state index contributed by atoms with van der Waals surface area (Å²) in [4.78, 5) is 25.3. The third kappa shape index (κ3) is 8.86. The minimum absolute atomic E-state index is 0.0621. The van der Waals surface area contributed by atoms with Gasteiger partial charge in [0.15, 0.2) is 0 Å². The van der Waals surface area contributed by atoms with Gasteiger partial charge < -0.3 is 13.9 Å². The molecule has 222 valence electrons. The molecular weight excluding hydrogens is 524 g/mol. The molecule has 1 aliphatic rings. The largest absolute Gasteiger partial charge is 0.462 e. The molecule has 2 unspecified atom stereocenters. The quantitative estimate of drug-likeness (QED) is 0.132. The zero-order chi connectivity index (χ0) is 30.2. The van der Waals surface area contributed by atoms with Gasteiger partial charge in [-0.3, -0.25) is 4.79 Å². The molecule has 0 spiro atoms. The monoisotopic (exact) mass is 568 g/mol. The summed E-state index contributed by atoms with van der Waals surface area (Å²) in [7, 11) is 0. The Kier molecular flexibility index (Phi) is 10.7. The average Bonchev–Trinajstić information content (AvgIpc) is 3.51. The molecule has 1 fully saturated rings. The lowest BCUT2D eigenvalue weighted by atomic mass is 9.86. The molecule has 1 aromatic heterocycles. The van der Waals surface area contributed by atoms with Gasteiger partial charge in [-0.25, -0.2) is 4.79 Å². The van der Waals surface area contributed by atoms with Crippen molar-refractivity contribution in [2.24, 2.45) is 23.7 Å². The highest BCUT2D eigenvalue weighted by atomic mass is 16.6. The van der Waals surface area contributed by atoms with Crippen molar-refractivity contribution in [3.63, 3.8) is 0 Å². The maximum absolute atomic E-state index is 12.8. The number of fused-ring (bicyclic) bond motifs is 1. The highest BCUT2D eigenvalue weighted by Crippen LogP contribution is 2.28. The van der Waals surface area contributed by atoms with Gasteiger partial charge in [0.1, 0.15) is 24.1 Å². The number of cyclic esters (lactones) is 1. The lowest BCUT2D eigenvalue weighted by Gasteiger charge is -2.19. The maximum Gasteiger partial charge on any atom is 0.334 e. The van der Waals surface area contributed by atoms with E-state index in [2.05, 4.69) is 46.5 Å². The van der Waals surface area contributed by atoms with Crippen LogP contribution in [0.3, 0.4) is 0 Å². The highest BCUT2D eigenvalue weighted by Gasteiger charge is 2.31. The van der Waals surface area contributed by atoms with Gasteiger partial charge in [-0.15, -0.1) is 0 Å². The molecule has 42 heavy (non-hydrogen) atoms. The number of carbonyl (C=O) groups excluding carboxylic acids is 2. The fourth-order valence-corrected chi connectivity index (χ4v) is 5.59. The molecule has 5 nitrogen and oxygen atoms in total. The summed E-state index contributed by atoms with van der Waals surface area (Å²) in [6.07, 6.45) is 5.65. The molecule has 1 saturated heterocycles. The SMILES string of the molecule is Cc1ccc(C#Cc2cccc3oc(CC(C)C(=O)OCC4C/C(=C\CC(CC(C)C)CC(C)C)C(=O)O4)cc23)cc1. The molecule has 2 aromatic carbocycles. The Hall–Kier alpha value is -3.78. The van der Waals surface area contributed by atoms with Crippen molar-refractivity contribution in [1.29, 1.82) is 0 Å². The van der Waals surface area contributed by atoms with Crippen molar-refractivity contribution in [3.05, 3.63) is 82.6 Å². The second-order valence-electron chi connectivity index (χ2n) is 12.6. The first-order valence-corrected chi connectivity index (χ1v) is 15.2. The predicted octanol–water partition coefficient (Wildman–Crippen LogP) is 8.20. The lowest BCUT2D eigenvalue weighted by molar-refractivity contribution is -0.155. The van der Waals surface area contributed by atoms with Gasteiger partial charge >= 0.3 is 11.9 Å². The number of allylic oxidation sites excluding steroid dienone is 1. The van der Waals surface area contributed by atoms with E-state index in [1.807, 2.05) is 61.5 Å². The highest BCUT2D eigenvalue weighted by molar-refractivity contribution is 5.90. The molecule has 0 radical (unpaired) electrons. The summed E-state index contributed by atoms with van der Waals surface area (Å²) < 4.78 is 17.1. The molecule has 0 bridgehead atoms. The molecule has 4 rings (SSSR count). The molecule has 2 atom stereocenters. The second kappa shape index (κ2) is 14.4. The van der Waals surface area contributed by atoms with Gasteiger partial charge in [0, 0.05) is 34.9 Å². The normalized spacial score (nSPS) is 16.7. The molecule has 0 aliphatic carbocycles. The van der Waals surface area contributed by atoms with Gasteiger partial charge in [-0.1, -0.05) is 76.3 Å². The van der Waals surface area contributed by atoms with Crippen molar-refractivity contribution in [3.8, 4) is 11.8 Å². The zero-order valence-corrected chi connectivity index (χ0v) is 25.9. The third-order valence-corrected chi connectivity index (χ3v) is 7.62. The predicted molar refractivity (Wildman–Crippen MR) is 167 cm³/mol. The number of ether oxygens (including phenoxy) is 2. The second-order valence-corrected chi connectivity index (χ2v) is 12.6. The van der Waals surface area contributed by atoms with Gasteiger partial charge in [-0.05, 0) is 74.3 Å². The van der Waals surface area contributed by atoms with E-state index in [0.29, 0.717) is 41.9 Å². The summed E-state index contributed by atoms with van der Waals surface area (Å²) in [6, 6.07) is 15.9. The molecular formula is C37H44O5.